The molecule has 0 aliphatic carbocycles. The SMILES string of the molecule is O=C(Nc1nc([C@@H]2CCCN2c2ccccn2)cs1)c1cccn1Cc1ccncc1. The molecule has 1 fully saturated rings. The van der Waals surface area contributed by atoms with Crippen molar-refractivity contribution in [2.75, 3.05) is 16.8 Å². The van der Waals surface area contributed by atoms with Crippen LogP contribution in [0.25, 0.3) is 0 Å². The number of carbonyl (C=O) groups excluding carboxylic acids is 1. The molecule has 0 bridgehead atoms. The van der Waals surface area contributed by atoms with Crippen LogP contribution < -0.4 is 10.2 Å². The van der Waals surface area contributed by atoms with E-state index in [-0.39, 0.29) is 11.9 Å². The Morgan fingerprint density at radius 2 is 2.03 bits per heavy atom. The van der Waals surface area contributed by atoms with Crippen LogP contribution in [0.3, 0.4) is 0 Å². The molecule has 5 rings (SSSR count). The Labute approximate surface area is 184 Å². The molecule has 156 valence electrons. The molecule has 1 aliphatic heterocycles. The van der Waals surface area contributed by atoms with Crippen molar-refractivity contribution in [2.24, 2.45) is 0 Å². The number of nitrogens with one attached hydrogen (secondary N) is 1. The van der Waals surface area contributed by atoms with Gasteiger partial charge in [0.2, 0.25) is 0 Å². The van der Waals surface area contributed by atoms with Crippen LogP contribution in [0.2, 0.25) is 0 Å². The lowest BCUT2D eigenvalue weighted by Gasteiger charge is -2.24. The predicted molar refractivity (Wildman–Crippen MR) is 121 cm³/mol. The van der Waals surface area contributed by atoms with E-state index in [0.29, 0.717) is 17.4 Å². The summed E-state index contributed by atoms with van der Waals surface area (Å²) in [5.74, 6) is 0.811. The second-order valence-electron chi connectivity index (χ2n) is 7.45. The second-order valence-corrected chi connectivity index (χ2v) is 8.31. The van der Waals surface area contributed by atoms with Gasteiger partial charge in [-0.3, -0.25) is 15.1 Å². The first-order valence-electron chi connectivity index (χ1n) is 10.3. The average Bonchev–Trinajstić information content (AvgIpc) is 3.56. The van der Waals surface area contributed by atoms with Crippen LogP contribution in [0.15, 0.2) is 72.6 Å². The maximum Gasteiger partial charge on any atom is 0.274 e. The number of anilines is 2. The summed E-state index contributed by atoms with van der Waals surface area (Å²) in [6, 6.07) is 13.8. The van der Waals surface area contributed by atoms with Crippen LogP contribution in [0, 0.1) is 0 Å². The molecule has 0 saturated carbocycles. The summed E-state index contributed by atoms with van der Waals surface area (Å²) in [5, 5.41) is 5.62. The van der Waals surface area contributed by atoms with Gasteiger partial charge in [-0.25, -0.2) is 9.97 Å². The largest absolute Gasteiger partial charge is 0.348 e. The second kappa shape index (κ2) is 8.69. The third kappa shape index (κ3) is 4.20. The number of aromatic nitrogens is 4. The number of amides is 1. The fraction of sp³-hybridized carbons (Fsp3) is 0.217. The maximum absolute atomic E-state index is 12.9. The highest BCUT2D eigenvalue weighted by atomic mass is 32.1. The van der Waals surface area contributed by atoms with E-state index in [1.165, 1.54) is 11.3 Å². The van der Waals surface area contributed by atoms with Gasteiger partial charge in [-0.2, -0.15) is 0 Å². The summed E-state index contributed by atoms with van der Waals surface area (Å²) in [6.07, 6.45) is 9.37. The van der Waals surface area contributed by atoms with E-state index < -0.39 is 0 Å². The highest BCUT2D eigenvalue weighted by Gasteiger charge is 2.29. The number of nitrogens with zero attached hydrogens (tertiary/aromatic N) is 5. The van der Waals surface area contributed by atoms with Crippen LogP contribution in [0.4, 0.5) is 10.9 Å². The zero-order valence-electron chi connectivity index (χ0n) is 16.9. The summed E-state index contributed by atoms with van der Waals surface area (Å²) in [4.78, 5) is 28.5. The minimum atomic E-state index is -0.159. The first-order chi connectivity index (χ1) is 15.3. The van der Waals surface area contributed by atoms with Gasteiger partial charge in [0.05, 0.1) is 11.7 Å². The van der Waals surface area contributed by atoms with E-state index in [2.05, 4.69) is 20.2 Å². The van der Waals surface area contributed by atoms with Gasteiger partial charge in [-0.05, 0) is 54.8 Å². The molecule has 1 N–H and O–H groups in total. The topological polar surface area (TPSA) is 75.9 Å². The third-order valence-corrected chi connectivity index (χ3v) is 6.22. The van der Waals surface area contributed by atoms with Crippen molar-refractivity contribution < 1.29 is 4.79 Å². The van der Waals surface area contributed by atoms with Crippen molar-refractivity contribution >= 4 is 28.2 Å². The Morgan fingerprint density at radius 1 is 1.13 bits per heavy atom. The number of pyridine rings is 2. The van der Waals surface area contributed by atoms with Crippen molar-refractivity contribution in [1.82, 2.24) is 19.5 Å². The molecule has 1 amide bonds. The quantitative estimate of drug-likeness (QED) is 0.491. The van der Waals surface area contributed by atoms with Crippen molar-refractivity contribution in [3.05, 3.63) is 89.6 Å². The highest BCUT2D eigenvalue weighted by molar-refractivity contribution is 7.14. The first-order valence-corrected chi connectivity index (χ1v) is 11.1. The van der Waals surface area contributed by atoms with Crippen LogP contribution in [-0.2, 0) is 6.54 Å². The molecule has 1 saturated heterocycles. The van der Waals surface area contributed by atoms with Crippen molar-refractivity contribution in [1.29, 1.82) is 0 Å². The Balaban J connectivity index is 1.29. The molecule has 7 nitrogen and oxygen atoms in total. The van der Waals surface area contributed by atoms with Crippen LogP contribution in [0.5, 0.6) is 0 Å². The predicted octanol–water partition coefficient (Wildman–Crippen LogP) is 4.38. The molecule has 5 heterocycles. The van der Waals surface area contributed by atoms with E-state index in [9.17, 15) is 4.79 Å². The summed E-state index contributed by atoms with van der Waals surface area (Å²) in [6.45, 7) is 1.58. The third-order valence-electron chi connectivity index (χ3n) is 5.44. The molecule has 4 aromatic rings. The van der Waals surface area contributed by atoms with Crippen LogP contribution in [0.1, 0.15) is 40.6 Å². The van der Waals surface area contributed by atoms with Gasteiger partial charge >= 0.3 is 0 Å². The van der Waals surface area contributed by atoms with Crippen molar-refractivity contribution in [3.63, 3.8) is 0 Å². The summed E-state index contributed by atoms with van der Waals surface area (Å²) in [7, 11) is 0. The molecule has 4 aromatic heterocycles. The van der Waals surface area contributed by atoms with Gasteiger partial charge in [0.1, 0.15) is 11.5 Å². The highest BCUT2D eigenvalue weighted by Crippen LogP contribution is 2.36. The average molecular weight is 431 g/mol. The monoisotopic (exact) mass is 430 g/mol. The molecule has 0 unspecified atom stereocenters. The zero-order chi connectivity index (χ0) is 21.0. The molecular weight excluding hydrogens is 408 g/mol. The number of hydrogen-bond donors (Lipinski definition) is 1. The summed E-state index contributed by atoms with van der Waals surface area (Å²) < 4.78 is 1.93. The zero-order valence-corrected chi connectivity index (χ0v) is 17.7. The molecule has 0 spiro atoms. The normalized spacial score (nSPS) is 15.9. The summed E-state index contributed by atoms with van der Waals surface area (Å²) in [5.41, 5.74) is 2.67. The van der Waals surface area contributed by atoms with E-state index in [4.69, 9.17) is 4.98 Å². The Hall–Kier alpha value is -3.52. The molecule has 0 radical (unpaired) electrons. The van der Waals surface area contributed by atoms with Gasteiger partial charge in [0, 0.05) is 43.3 Å². The lowest BCUT2D eigenvalue weighted by atomic mass is 10.2. The van der Waals surface area contributed by atoms with E-state index >= 15 is 0 Å². The fourth-order valence-corrected chi connectivity index (χ4v) is 4.72. The summed E-state index contributed by atoms with van der Waals surface area (Å²) >= 11 is 1.46. The van der Waals surface area contributed by atoms with Gasteiger partial charge < -0.3 is 9.47 Å². The number of carbonyl (C=O) groups is 1. The molecule has 1 aliphatic rings. The molecule has 1 atom stereocenters. The lowest BCUT2D eigenvalue weighted by Crippen LogP contribution is -2.23. The smallest absolute Gasteiger partial charge is 0.274 e. The minimum Gasteiger partial charge on any atom is -0.348 e. The van der Waals surface area contributed by atoms with Crippen molar-refractivity contribution in [3.8, 4) is 0 Å². The Kier molecular flexibility index (Phi) is 5.45. The molecule has 31 heavy (non-hydrogen) atoms. The van der Waals surface area contributed by atoms with Crippen LogP contribution in [-0.4, -0.2) is 32.0 Å². The lowest BCUT2D eigenvalue weighted by molar-refractivity contribution is 0.101. The minimum absolute atomic E-state index is 0.159. The Morgan fingerprint density at radius 3 is 2.87 bits per heavy atom. The molecular formula is C23H22N6OS. The maximum atomic E-state index is 12.9. The van der Waals surface area contributed by atoms with Crippen molar-refractivity contribution in [2.45, 2.75) is 25.4 Å². The van der Waals surface area contributed by atoms with E-state index in [0.717, 1.165) is 36.5 Å². The fourth-order valence-electron chi connectivity index (χ4n) is 3.97. The van der Waals surface area contributed by atoms with E-state index in [1.807, 2.05) is 64.8 Å². The Bertz CT molecular complexity index is 1160. The number of thiazole rings is 1. The standard InChI is InChI=1S/C23H22N6OS/c30-22(20-6-3-13-28(20)15-17-8-11-24-12-9-17)27-23-26-18(16-31-23)19-5-4-14-29(19)21-7-1-2-10-25-21/h1-3,6-13,16,19H,4-5,14-15H2,(H,26,27,30)/t19-/m0/s1. The van der Waals surface area contributed by atoms with Gasteiger partial charge in [0.25, 0.3) is 5.91 Å². The first kappa shape index (κ1) is 19.4. The van der Waals surface area contributed by atoms with Crippen LogP contribution >= 0.6 is 11.3 Å². The number of rotatable bonds is 6. The number of hydrogen-bond acceptors (Lipinski definition) is 6. The van der Waals surface area contributed by atoms with Gasteiger partial charge in [-0.1, -0.05) is 6.07 Å². The molecule has 0 aromatic carbocycles. The van der Waals surface area contributed by atoms with Gasteiger partial charge in [-0.15, -0.1) is 11.3 Å². The van der Waals surface area contributed by atoms with E-state index in [1.54, 1.807) is 12.4 Å². The van der Waals surface area contributed by atoms with Gasteiger partial charge in [0.15, 0.2) is 5.13 Å². The molecule has 8 heteroatoms.